The van der Waals surface area contributed by atoms with Gasteiger partial charge in [0, 0.05) is 26.1 Å². The topological polar surface area (TPSA) is 200 Å². The highest BCUT2D eigenvalue weighted by Gasteiger charge is 2.57. The molecule has 0 spiro atoms. The van der Waals surface area contributed by atoms with Gasteiger partial charge in [-0.1, -0.05) is 49.4 Å². The molecule has 324 valence electrons. The lowest BCUT2D eigenvalue weighted by molar-refractivity contribution is -0.206. The SMILES string of the molecule is CC(C)(C)OC(=O)N(Cc1ccccc1Cl)c1nc(Cl)nc2c1cnn2[C@@H]1O[C@H](COC(CO)(Cc2nnnn2COCC[Si](C)(C)C)P(C)(C)=O)[C@H]2OC(C)(C)O[C@H]21. The number of aliphatic hydroxyl groups excluding tert-OH is 1. The Hall–Kier alpha value is -3.10. The Kier molecular flexibility index (Phi) is 13.4. The van der Waals surface area contributed by atoms with Crippen molar-refractivity contribution in [1.82, 2.24) is 40.0 Å². The molecule has 3 aromatic heterocycles. The molecule has 0 bridgehead atoms. The van der Waals surface area contributed by atoms with Gasteiger partial charge < -0.3 is 38.1 Å². The molecule has 4 aromatic rings. The smallest absolute Gasteiger partial charge is 0.416 e. The lowest BCUT2D eigenvalue weighted by atomic mass is 10.1. The van der Waals surface area contributed by atoms with Crippen molar-refractivity contribution in [2.45, 2.75) is 121 Å². The number of amides is 1. The van der Waals surface area contributed by atoms with Crippen LogP contribution in [0.25, 0.3) is 11.0 Å². The Morgan fingerprint density at radius 1 is 1.10 bits per heavy atom. The molecule has 5 heterocycles. The highest BCUT2D eigenvalue weighted by Crippen LogP contribution is 2.54. The number of fused-ring (bicyclic) bond motifs is 2. The Balaban J connectivity index is 1.29. The van der Waals surface area contributed by atoms with E-state index in [4.69, 9.17) is 51.6 Å². The summed E-state index contributed by atoms with van der Waals surface area (Å²) in [7, 11) is -4.57. The average Bonchev–Trinajstić information content (AvgIpc) is 3.89. The minimum absolute atomic E-state index is 0.000701. The van der Waals surface area contributed by atoms with Gasteiger partial charge in [0.2, 0.25) is 5.28 Å². The zero-order chi connectivity index (χ0) is 43.1. The highest BCUT2D eigenvalue weighted by atomic mass is 35.5. The van der Waals surface area contributed by atoms with Crippen LogP contribution in [0.2, 0.25) is 36.0 Å². The molecule has 1 unspecified atom stereocenters. The van der Waals surface area contributed by atoms with Gasteiger partial charge in [-0.2, -0.15) is 15.1 Å². The Bertz CT molecular complexity index is 2180. The second kappa shape index (κ2) is 17.3. The van der Waals surface area contributed by atoms with Crippen molar-refractivity contribution in [1.29, 1.82) is 0 Å². The zero-order valence-electron chi connectivity index (χ0n) is 35.1. The van der Waals surface area contributed by atoms with Crippen LogP contribution in [0.1, 0.15) is 52.2 Å². The lowest BCUT2D eigenvalue weighted by Gasteiger charge is -2.36. The number of benzene rings is 1. The fraction of sp³-hybridized carbons (Fsp3) is 0.649. The third-order valence-corrected chi connectivity index (χ3v) is 14.6. The first kappa shape index (κ1) is 45.4. The van der Waals surface area contributed by atoms with E-state index in [0.29, 0.717) is 28.4 Å². The van der Waals surface area contributed by atoms with Crippen molar-refractivity contribution >= 4 is 61.4 Å². The number of anilines is 1. The maximum atomic E-state index is 14.0. The summed E-state index contributed by atoms with van der Waals surface area (Å²) in [6, 6.07) is 8.09. The van der Waals surface area contributed by atoms with Crippen LogP contribution >= 0.6 is 30.3 Å². The molecule has 2 aliphatic rings. The molecule has 1 amide bonds. The van der Waals surface area contributed by atoms with Gasteiger partial charge in [0.25, 0.3) is 0 Å². The molecule has 2 aliphatic heterocycles. The number of rotatable bonds is 16. The fourth-order valence-corrected chi connectivity index (χ4v) is 9.10. The van der Waals surface area contributed by atoms with E-state index >= 15 is 0 Å². The van der Waals surface area contributed by atoms with E-state index in [1.165, 1.54) is 20.5 Å². The molecule has 22 heteroatoms. The Morgan fingerprint density at radius 2 is 1.81 bits per heavy atom. The molecule has 6 rings (SSSR count). The van der Waals surface area contributed by atoms with Crippen molar-refractivity contribution in [2.75, 3.05) is 38.1 Å². The van der Waals surface area contributed by atoms with Gasteiger partial charge in [-0.15, -0.1) is 5.10 Å². The zero-order valence-corrected chi connectivity index (χ0v) is 38.5. The number of hydrogen-bond acceptors (Lipinski definition) is 15. The van der Waals surface area contributed by atoms with E-state index < -0.39 is 69.2 Å². The molecular formula is C37H54Cl2N9O9PSi. The largest absolute Gasteiger partial charge is 0.443 e. The first-order valence-electron chi connectivity index (χ1n) is 19.3. The van der Waals surface area contributed by atoms with Crippen molar-refractivity contribution < 1.29 is 42.9 Å². The number of tetrazole rings is 1. The van der Waals surface area contributed by atoms with Crippen molar-refractivity contribution in [3.63, 3.8) is 0 Å². The van der Waals surface area contributed by atoms with Crippen LogP contribution in [0.15, 0.2) is 30.5 Å². The lowest BCUT2D eigenvalue weighted by Crippen LogP contribution is -2.44. The minimum atomic E-state index is -3.24. The second-order valence-electron chi connectivity index (χ2n) is 17.8. The molecule has 1 aromatic carbocycles. The van der Waals surface area contributed by atoms with Gasteiger partial charge in [-0.05, 0) is 87.6 Å². The Labute approximate surface area is 354 Å². The molecule has 0 aliphatic carbocycles. The number of aliphatic hydroxyl groups is 1. The summed E-state index contributed by atoms with van der Waals surface area (Å²) in [6.45, 7) is 18.6. The average molecular weight is 899 g/mol. The molecule has 0 radical (unpaired) electrons. The van der Waals surface area contributed by atoms with Gasteiger partial charge in [0.15, 0.2) is 34.6 Å². The normalized spacial score (nSPS) is 21.8. The third-order valence-electron chi connectivity index (χ3n) is 9.92. The molecular weight excluding hydrogens is 844 g/mol. The van der Waals surface area contributed by atoms with Crippen molar-refractivity contribution in [3.05, 3.63) is 52.2 Å². The summed E-state index contributed by atoms with van der Waals surface area (Å²) >= 11 is 13.1. The number of carbonyl (C=O) groups excluding carboxylic acids is 1. The summed E-state index contributed by atoms with van der Waals surface area (Å²) in [4.78, 5) is 24.1. The van der Waals surface area contributed by atoms with Crippen LogP contribution < -0.4 is 4.90 Å². The van der Waals surface area contributed by atoms with Gasteiger partial charge in [-0.3, -0.25) is 4.90 Å². The molecule has 0 saturated carbocycles. The first-order valence-corrected chi connectivity index (χ1v) is 26.3. The van der Waals surface area contributed by atoms with Crippen LogP contribution in [-0.2, 0) is 52.7 Å². The monoisotopic (exact) mass is 897 g/mol. The number of halogens is 2. The van der Waals surface area contributed by atoms with Crippen molar-refractivity contribution in [3.8, 4) is 0 Å². The molecule has 2 saturated heterocycles. The summed E-state index contributed by atoms with van der Waals surface area (Å²) in [5, 5.41) is 26.7. The van der Waals surface area contributed by atoms with E-state index in [-0.39, 0.29) is 43.1 Å². The van der Waals surface area contributed by atoms with E-state index in [2.05, 4.69) is 50.2 Å². The summed E-state index contributed by atoms with van der Waals surface area (Å²) in [5.74, 6) is -0.558. The van der Waals surface area contributed by atoms with Gasteiger partial charge in [0.1, 0.15) is 37.8 Å². The van der Waals surface area contributed by atoms with Gasteiger partial charge in [0.05, 0.1) is 31.3 Å². The maximum Gasteiger partial charge on any atom is 0.416 e. The summed E-state index contributed by atoms with van der Waals surface area (Å²) in [6.07, 6.45) is -2.43. The fourth-order valence-electron chi connectivity index (χ4n) is 6.74. The van der Waals surface area contributed by atoms with Crippen LogP contribution in [0.3, 0.4) is 0 Å². The van der Waals surface area contributed by atoms with Gasteiger partial charge >= 0.3 is 6.09 Å². The first-order chi connectivity index (χ1) is 27.5. The van der Waals surface area contributed by atoms with Crippen LogP contribution in [0, 0.1) is 0 Å². The molecule has 1 N–H and O–H groups in total. The van der Waals surface area contributed by atoms with E-state index in [0.717, 1.165) is 6.04 Å². The standard InChI is InChI=1S/C37H54Cl2N9O9PSi/c1-35(2,3)57-34(50)46(19-23-13-11-12-14-25(23)38)30-24-18-40-48(31(24)42-33(39)41-30)32-29-28(55-36(4,5)56-29)26(54-32)20-53-37(21-49,58(6,7)51)17-27-43-44-45-47(27)22-52-15-16-59(8,9)10/h11-14,18,26,28-29,32,49H,15-17,19-22H2,1-10H3/t26-,28-,29-,32-,37?/m1/s1. The Morgan fingerprint density at radius 3 is 2.47 bits per heavy atom. The number of ether oxygens (including phenoxy) is 6. The van der Waals surface area contributed by atoms with E-state index in [9.17, 15) is 14.5 Å². The minimum Gasteiger partial charge on any atom is -0.443 e. The molecule has 18 nitrogen and oxygen atoms in total. The van der Waals surface area contributed by atoms with E-state index in [1.54, 1.807) is 66.1 Å². The van der Waals surface area contributed by atoms with E-state index in [1.807, 2.05) is 6.07 Å². The number of carbonyl (C=O) groups is 1. The van der Waals surface area contributed by atoms with Crippen LogP contribution in [-0.4, -0.2) is 127 Å². The maximum absolute atomic E-state index is 14.0. The van der Waals surface area contributed by atoms with Crippen LogP contribution in [0.5, 0.6) is 0 Å². The number of nitrogens with zero attached hydrogens (tertiary/aromatic N) is 9. The third kappa shape index (κ3) is 10.5. The summed E-state index contributed by atoms with van der Waals surface area (Å²) < 4.78 is 54.5. The molecule has 2 fully saturated rings. The predicted octanol–water partition coefficient (Wildman–Crippen LogP) is 6.36. The van der Waals surface area contributed by atoms with Gasteiger partial charge in [-0.25, -0.2) is 14.2 Å². The van der Waals surface area contributed by atoms with Crippen LogP contribution in [0.4, 0.5) is 10.6 Å². The number of aromatic nitrogens is 8. The highest BCUT2D eigenvalue weighted by molar-refractivity contribution is 7.63. The predicted molar refractivity (Wildman–Crippen MR) is 223 cm³/mol. The quantitative estimate of drug-likeness (QED) is 0.0563. The molecule has 59 heavy (non-hydrogen) atoms. The number of hydrogen-bond donors (Lipinski definition) is 1. The molecule has 5 atom stereocenters. The summed E-state index contributed by atoms with van der Waals surface area (Å²) in [5.41, 5.74) is 0.0460. The second-order valence-corrected chi connectivity index (χ2v) is 27.7. The van der Waals surface area contributed by atoms with Crippen molar-refractivity contribution in [2.24, 2.45) is 0 Å².